The van der Waals surface area contributed by atoms with Gasteiger partial charge in [0.2, 0.25) is 5.91 Å². The van der Waals surface area contributed by atoms with E-state index in [0.29, 0.717) is 17.1 Å². The third-order valence-corrected chi connectivity index (χ3v) is 6.90. The summed E-state index contributed by atoms with van der Waals surface area (Å²) in [7, 11) is 3.00. The van der Waals surface area contributed by atoms with Gasteiger partial charge in [0.25, 0.3) is 5.91 Å². The van der Waals surface area contributed by atoms with Gasteiger partial charge in [-0.15, -0.1) is 0 Å². The molecule has 0 unspecified atom stereocenters. The molecular formula is C27H37N3O7. The maximum atomic E-state index is 14.0. The summed E-state index contributed by atoms with van der Waals surface area (Å²) in [5.41, 5.74) is -0.450. The molecule has 1 saturated heterocycles. The van der Waals surface area contributed by atoms with Crippen LogP contribution in [0.5, 0.6) is 5.75 Å². The van der Waals surface area contributed by atoms with Gasteiger partial charge in [-0.2, -0.15) is 0 Å². The summed E-state index contributed by atoms with van der Waals surface area (Å²) < 4.78 is 16.4. The highest BCUT2D eigenvalue weighted by molar-refractivity contribution is 6.03. The first kappa shape index (κ1) is 26.8. The van der Waals surface area contributed by atoms with Crippen LogP contribution in [0.25, 0.3) is 0 Å². The molecule has 0 spiro atoms. The molecule has 1 aliphatic carbocycles. The van der Waals surface area contributed by atoms with E-state index in [1.807, 2.05) is 6.07 Å². The van der Waals surface area contributed by atoms with Crippen molar-refractivity contribution in [3.63, 3.8) is 0 Å². The molecule has 0 bridgehead atoms. The molecule has 37 heavy (non-hydrogen) atoms. The summed E-state index contributed by atoms with van der Waals surface area (Å²) in [6.45, 7) is 9.03. The molecule has 2 aliphatic heterocycles. The highest BCUT2D eigenvalue weighted by atomic mass is 16.6. The van der Waals surface area contributed by atoms with Crippen molar-refractivity contribution < 1.29 is 33.4 Å². The first-order chi connectivity index (χ1) is 17.2. The van der Waals surface area contributed by atoms with E-state index >= 15 is 0 Å². The third kappa shape index (κ3) is 5.52. The van der Waals surface area contributed by atoms with E-state index in [0.717, 1.165) is 12.8 Å². The van der Waals surface area contributed by atoms with E-state index in [-0.39, 0.29) is 37.4 Å². The molecule has 10 heteroatoms. The number of likely N-dealkylation sites (N-methyl/N-ethyl adjacent to an activating group) is 1. The number of carbonyl (C=O) groups is 4. The summed E-state index contributed by atoms with van der Waals surface area (Å²) >= 11 is 0. The van der Waals surface area contributed by atoms with E-state index in [2.05, 4.69) is 0 Å². The minimum Gasteiger partial charge on any atom is -0.476 e. The maximum absolute atomic E-state index is 14.0. The lowest BCUT2D eigenvalue weighted by Gasteiger charge is -2.39. The first-order valence-electron chi connectivity index (χ1n) is 12.7. The van der Waals surface area contributed by atoms with Gasteiger partial charge in [-0.05, 0) is 72.1 Å². The molecule has 1 aromatic rings. The number of likely N-dealkylation sites (tertiary alicyclic amines) is 1. The average Bonchev–Trinajstić information content (AvgIpc) is 3.66. The summed E-state index contributed by atoms with van der Waals surface area (Å²) in [6, 6.07) is 5.41. The second-order valence-corrected chi connectivity index (χ2v) is 11.6. The lowest BCUT2D eigenvalue weighted by Crippen LogP contribution is -2.52. The Balaban J connectivity index is 1.63. The zero-order valence-electron chi connectivity index (χ0n) is 22.7. The second kappa shape index (κ2) is 9.54. The molecule has 10 nitrogen and oxygen atoms in total. The van der Waals surface area contributed by atoms with Crippen molar-refractivity contribution in [1.82, 2.24) is 4.90 Å². The molecule has 1 saturated carbocycles. The van der Waals surface area contributed by atoms with Crippen molar-refractivity contribution in [2.75, 3.05) is 37.0 Å². The lowest BCUT2D eigenvalue weighted by atomic mass is 9.88. The van der Waals surface area contributed by atoms with E-state index in [4.69, 9.17) is 14.2 Å². The Morgan fingerprint density at radius 3 is 2.35 bits per heavy atom. The Morgan fingerprint density at radius 2 is 1.76 bits per heavy atom. The third-order valence-electron chi connectivity index (χ3n) is 6.90. The highest BCUT2D eigenvalue weighted by Gasteiger charge is 2.45. The standard InChI is InChI=1S/C27H37N3O7/c1-26(2,3)37-25(34)29-14-16(12-17(15-29)23(32)35-7)22(31)30(18-8-9-18)19-10-11-21-20(13-19)28(6)24(33)27(4,5)36-21/h10-11,13,16-18H,8-9,12,14-15H2,1-7H3/t16-,17+/m1/s1. The SMILES string of the molecule is COC(=O)[C@H]1C[C@@H](C(=O)N(c2ccc3c(c2)N(C)C(=O)C(C)(C)O3)C2CC2)CN(C(=O)OC(C)(C)C)C1. The van der Waals surface area contributed by atoms with Gasteiger partial charge in [-0.1, -0.05) is 0 Å². The van der Waals surface area contributed by atoms with Crippen LogP contribution in [-0.4, -0.2) is 73.3 Å². The average molecular weight is 516 g/mol. The van der Waals surface area contributed by atoms with Crippen LogP contribution in [-0.2, 0) is 23.9 Å². The number of methoxy groups -OCH3 is 1. The number of fused-ring (bicyclic) bond motifs is 1. The fraction of sp³-hybridized carbons (Fsp3) is 0.630. The smallest absolute Gasteiger partial charge is 0.410 e. The van der Waals surface area contributed by atoms with E-state index in [9.17, 15) is 19.2 Å². The number of ether oxygens (including phenoxy) is 3. The van der Waals surface area contributed by atoms with E-state index < -0.39 is 35.1 Å². The molecular weight excluding hydrogens is 478 g/mol. The second-order valence-electron chi connectivity index (χ2n) is 11.6. The molecule has 0 N–H and O–H groups in total. The normalized spacial score (nSPS) is 23.1. The number of anilines is 2. The van der Waals surface area contributed by atoms with Gasteiger partial charge >= 0.3 is 12.1 Å². The molecule has 3 aliphatic rings. The van der Waals surface area contributed by atoms with Crippen LogP contribution in [0.4, 0.5) is 16.2 Å². The zero-order chi connectivity index (χ0) is 27.3. The minimum absolute atomic E-state index is 0.0148. The van der Waals surface area contributed by atoms with Crippen molar-refractivity contribution in [2.45, 2.75) is 71.1 Å². The Bertz CT molecular complexity index is 1110. The van der Waals surface area contributed by atoms with Crippen molar-refractivity contribution in [1.29, 1.82) is 0 Å². The fourth-order valence-electron chi connectivity index (χ4n) is 4.97. The lowest BCUT2D eigenvalue weighted by molar-refractivity contribution is -0.148. The monoisotopic (exact) mass is 515 g/mol. The van der Waals surface area contributed by atoms with Crippen LogP contribution in [0.1, 0.15) is 53.9 Å². The zero-order valence-corrected chi connectivity index (χ0v) is 22.7. The number of rotatable bonds is 4. The number of amides is 3. The van der Waals surface area contributed by atoms with Gasteiger partial charge in [0.15, 0.2) is 5.60 Å². The number of nitrogens with zero attached hydrogens (tertiary/aromatic N) is 3. The number of benzene rings is 1. The Labute approximate surface area is 217 Å². The molecule has 202 valence electrons. The molecule has 4 rings (SSSR count). The summed E-state index contributed by atoms with van der Waals surface area (Å²) in [5.74, 6) is -1.49. The number of carbonyl (C=O) groups excluding carboxylic acids is 4. The molecule has 3 amide bonds. The number of piperidine rings is 1. The van der Waals surface area contributed by atoms with Crippen LogP contribution in [0.2, 0.25) is 0 Å². The Kier molecular flexibility index (Phi) is 6.90. The number of hydrogen-bond donors (Lipinski definition) is 0. The Hall–Kier alpha value is -3.30. The largest absolute Gasteiger partial charge is 0.476 e. The summed E-state index contributed by atoms with van der Waals surface area (Å²) in [6.07, 6.45) is 1.41. The molecule has 2 heterocycles. The molecule has 0 radical (unpaired) electrons. The van der Waals surface area contributed by atoms with Gasteiger partial charge in [0.1, 0.15) is 11.4 Å². The molecule has 0 aromatic heterocycles. The van der Waals surface area contributed by atoms with E-state index in [1.165, 1.54) is 12.0 Å². The number of esters is 1. The topological polar surface area (TPSA) is 106 Å². The first-order valence-corrected chi connectivity index (χ1v) is 12.7. The van der Waals surface area contributed by atoms with Crippen LogP contribution < -0.4 is 14.5 Å². The maximum Gasteiger partial charge on any atom is 0.410 e. The quantitative estimate of drug-likeness (QED) is 0.566. The highest BCUT2D eigenvalue weighted by Crippen LogP contribution is 2.42. The van der Waals surface area contributed by atoms with Gasteiger partial charge in [0.05, 0.1) is 24.6 Å². The summed E-state index contributed by atoms with van der Waals surface area (Å²) in [4.78, 5) is 56.8. The van der Waals surface area contributed by atoms with E-state index in [1.54, 1.807) is 63.6 Å². The van der Waals surface area contributed by atoms with Crippen LogP contribution in [0.15, 0.2) is 18.2 Å². The Morgan fingerprint density at radius 1 is 1.11 bits per heavy atom. The molecule has 2 atom stereocenters. The van der Waals surface area contributed by atoms with Gasteiger partial charge in [-0.3, -0.25) is 14.4 Å². The van der Waals surface area contributed by atoms with Crippen LogP contribution in [0.3, 0.4) is 0 Å². The van der Waals surface area contributed by atoms with Crippen molar-refractivity contribution >= 4 is 35.3 Å². The summed E-state index contributed by atoms with van der Waals surface area (Å²) in [5, 5.41) is 0. The fourth-order valence-corrected chi connectivity index (χ4v) is 4.97. The minimum atomic E-state index is -0.981. The predicted octanol–water partition coefficient (Wildman–Crippen LogP) is 3.36. The van der Waals surface area contributed by atoms with Crippen molar-refractivity contribution in [2.24, 2.45) is 11.8 Å². The van der Waals surface area contributed by atoms with Gasteiger partial charge in [0, 0.05) is 31.9 Å². The predicted molar refractivity (Wildman–Crippen MR) is 136 cm³/mol. The molecule has 1 aromatic carbocycles. The van der Waals surface area contributed by atoms with Crippen molar-refractivity contribution in [3.8, 4) is 5.75 Å². The van der Waals surface area contributed by atoms with Gasteiger partial charge in [-0.25, -0.2) is 4.79 Å². The van der Waals surface area contributed by atoms with Crippen LogP contribution >= 0.6 is 0 Å². The van der Waals surface area contributed by atoms with Gasteiger partial charge < -0.3 is 28.9 Å². The van der Waals surface area contributed by atoms with Crippen molar-refractivity contribution in [3.05, 3.63) is 18.2 Å². The van der Waals surface area contributed by atoms with Crippen LogP contribution in [0, 0.1) is 11.8 Å². The number of hydrogen-bond acceptors (Lipinski definition) is 7. The molecule has 2 fully saturated rings.